The number of nitrogens with one attached hydrogen (secondary N) is 1. The Labute approximate surface area is 165 Å². The van der Waals surface area contributed by atoms with Crippen molar-refractivity contribution in [2.75, 3.05) is 11.9 Å². The molecule has 3 rings (SSSR count). The van der Waals surface area contributed by atoms with Crippen LogP contribution in [0.15, 0.2) is 10.7 Å². The molecule has 0 aromatic carbocycles. The molecule has 2 heterocycles. The third-order valence-corrected chi connectivity index (χ3v) is 6.14. The number of amides is 1. The van der Waals surface area contributed by atoms with E-state index in [4.69, 9.17) is 4.74 Å². The molecule has 0 aliphatic heterocycles. The van der Waals surface area contributed by atoms with Gasteiger partial charge in [-0.05, 0) is 60.5 Å². The maximum absolute atomic E-state index is 12.8. The molecule has 0 bridgehead atoms. The van der Waals surface area contributed by atoms with E-state index in [1.165, 1.54) is 16.2 Å². The molecule has 1 amide bonds. The number of hydrogen-bond donors (Lipinski definition) is 1. The van der Waals surface area contributed by atoms with Gasteiger partial charge in [0.15, 0.2) is 0 Å². The molecule has 0 atom stereocenters. The molecule has 0 saturated heterocycles. The number of aryl methyl sites for hydroxylation is 2. The van der Waals surface area contributed by atoms with Gasteiger partial charge >= 0.3 is 5.97 Å². The summed E-state index contributed by atoms with van der Waals surface area (Å²) in [7, 11) is 0. The lowest BCUT2D eigenvalue weighted by Gasteiger charge is -2.12. The quantitative estimate of drug-likeness (QED) is 0.675. The largest absolute Gasteiger partial charge is 0.462 e. The predicted octanol–water partition coefficient (Wildman–Crippen LogP) is 4.42. The SMILES string of the molecule is CCCOC(=O)c1c(NC(=O)c2c(Br)cnn2CC)sc2c1CCCC2. The van der Waals surface area contributed by atoms with Crippen LogP contribution >= 0.6 is 27.3 Å². The number of carbonyl (C=O) groups is 2. The molecule has 2 aromatic heterocycles. The highest BCUT2D eigenvalue weighted by molar-refractivity contribution is 9.10. The molecule has 1 aliphatic carbocycles. The van der Waals surface area contributed by atoms with Crippen molar-refractivity contribution < 1.29 is 14.3 Å². The fraction of sp³-hybridized carbons (Fsp3) is 0.500. The highest BCUT2D eigenvalue weighted by atomic mass is 79.9. The predicted molar refractivity (Wildman–Crippen MR) is 105 cm³/mol. The van der Waals surface area contributed by atoms with Gasteiger partial charge < -0.3 is 10.1 Å². The summed E-state index contributed by atoms with van der Waals surface area (Å²) < 4.78 is 7.63. The Kier molecular flexibility index (Phi) is 6.13. The van der Waals surface area contributed by atoms with Crippen LogP contribution in [0.4, 0.5) is 5.00 Å². The van der Waals surface area contributed by atoms with E-state index < -0.39 is 0 Å². The Morgan fingerprint density at radius 3 is 2.85 bits per heavy atom. The number of ether oxygens (including phenoxy) is 1. The van der Waals surface area contributed by atoms with Crippen LogP contribution in [0.3, 0.4) is 0 Å². The number of rotatable bonds is 6. The van der Waals surface area contributed by atoms with Crippen LogP contribution in [0, 0.1) is 0 Å². The summed E-state index contributed by atoms with van der Waals surface area (Å²) in [5, 5.41) is 7.69. The summed E-state index contributed by atoms with van der Waals surface area (Å²) in [5.41, 5.74) is 2.03. The van der Waals surface area contributed by atoms with Crippen LogP contribution in [0.1, 0.15) is 64.4 Å². The molecule has 26 heavy (non-hydrogen) atoms. The molecular weight excluding hydrogens is 418 g/mol. The summed E-state index contributed by atoms with van der Waals surface area (Å²) >= 11 is 4.87. The maximum Gasteiger partial charge on any atom is 0.341 e. The molecule has 6 nitrogen and oxygen atoms in total. The van der Waals surface area contributed by atoms with E-state index >= 15 is 0 Å². The van der Waals surface area contributed by atoms with Crippen LogP contribution in [0.25, 0.3) is 0 Å². The lowest BCUT2D eigenvalue weighted by atomic mass is 9.95. The molecule has 0 radical (unpaired) electrons. The van der Waals surface area contributed by atoms with E-state index in [0.29, 0.717) is 33.9 Å². The number of nitrogens with zero attached hydrogens (tertiary/aromatic N) is 2. The van der Waals surface area contributed by atoms with Crippen LogP contribution in [0.2, 0.25) is 0 Å². The van der Waals surface area contributed by atoms with Crippen molar-refractivity contribution >= 4 is 44.1 Å². The van der Waals surface area contributed by atoms with E-state index in [2.05, 4.69) is 26.3 Å². The molecule has 1 N–H and O–H groups in total. The Morgan fingerprint density at radius 1 is 1.35 bits per heavy atom. The Morgan fingerprint density at radius 2 is 2.12 bits per heavy atom. The standard InChI is InChI=1S/C18H22BrN3O3S/c1-3-9-25-18(24)14-11-7-5-6-8-13(11)26-17(14)21-16(23)15-12(19)10-20-22(15)4-2/h10H,3-9H2,1-2H3,(H,21,23). The fourth-order valence-electron chi connectivity index (χ4n) is 3.13. The topological polar surface area (TPSA) is 73.2 Å². The Hall–Kier alpha value is -1.67. The van der Waals surface area contributed by atoms with Gasteiger partial charge in [-0.2, -0.15) is 5.10 Å². The molecule has 0 saturated carbocycles. The zero-order chi connectivity index (χ0) is 18.7. The number of esters is 1. The number of anilines is 1. The summed E-state index contributed by atoms with van der Waals surface area (Å²) in [6.45, 7) is 4.85. The lowest BCUT2D eigenvalue weighted by molar-refractivity contribution is 0.0505. The Balaban J connectivity index is 1.94. The second-order valence-corrected chi connectivity index (χ2v) is 8.12. The van der Waals surface area contributed by atoms with Gasteiger partial charge in [0.1, 0.15) is 10.7 Å². The van der Waals surface area contributed by atoms with Crippen LogP contribution in [-0.4, -0.2) is 28.3 Å². The van der Waals surface area contributed by atoms with E-state index in [1.54, 1.807) is 10.9 Å². The third-order valence-electron chi connectivity index (χ3n) is 4.35. The van der Waals surface area contributed by atoms with Gasteiger partial charge in [-0.1, -0.05) is 6.92 Å². The minimum absolute atomic E-state index is 0.278. The van der Waals surface area contributed by atoms with Crippen LogP contribution in [0.5, 0.6) is 0 Å². The molecule has 1 aliphatic rings. The molecule has 0 spiro atoms. The second-order valence-electron chi connectivity index (χ2n) is 6.16. The first-order valence-electron chi connectivity index (χ1n) is 8.91. The zero-order valence-corrected chi connectivity index (χ0v) is 17.3. The van der Waals surface area contributed by atoms with Crippen molar-refractivity contribution in [1.82, 2.24) is 9.78 Å². The van der Waals surface area contributed by atoms with Crippen molar-refractivity contribution in [2.45, 2.75) is 52.5 Å². The van der Waals surface area contributed by atoms with Gasteiger partial charge in [0.2, 0.25) is 0 Å². The molecular formula is C18H22BrN3O3S. The van der Waals surface area contributed by atoms with Gasteiger partial charge in [0.25, 0.3) is 5.91 Å². The van der Waals surface area contributed by atoms with Gasteiger partial charge in [-0.3, -0.25) is 9.48 Å². The minimum Gasteiger partial charge on any atom is -0.462 e. The third kappa shape index (κ3) is 3.71. The van der Waals surface area contributed by atoms with Gasteiger partial charge in [0, 0.05) is 11.4 Å². The van der Waals surface area contributed by atoms with Crippen molar-refractivity contribution in [3.63, 3.8) is 0 Å². The molecule has 140 valence electrons. The van der Waals surface area contributed by atoms with E-state index in [1.807, 2.05) is 13.8 Å². The van der Waals surface area contributed by atoms with Crippen molar-refractivity contribution in [3.8, 4) is 0 Å². The normalized spacial score (nSPS) is 13.3. The van der Waals surface area contributed by atoms with Crippen molar-refractivity contribution in [2.24, 2.45) is 0 Å². The average Bonchev–Trinajstić information content (AvgIpc) is 3.19. The maximum atomic E-state index is 12.8. The summed E-state index contributed by atoms with van der Waals surface area (Å²) in [6, 6.07) is 0. The summed E-state index contributed by atoms with van der Waals surface area (Å²) in [5.74, 6) is -0.621. The monoisotopic (exact) mass is 439 g/mol. The number of halogens is 1. The van der Waals surface area contributed by atoms with Crippen LogP contribution < -0.4 is 5.32 Å². The van der Waals surface area contributed by atoms with E-state index in [-0.39, 0.29) is 11.9 Å². The number of aromatic nitrogens is 2. The molecule has 0 fully saturated rings. The molecule has 0 unspecified atom stereocenters. The summed E-state index contributed by atoms with van der Waals surface area (Å²) in [6.07, 6.45) is 6.34. The van der Waals surface area contributed by atoms with Crippen LogP contribution in [-0.2, 0) is 24.1 Å². The minimum atomic E-state index is -0.343. The van der Waals surface area contributed by atoms with Gasteiger partial charge in [-0.15, -0.1) is 11.3 Å². The van der Waals surface area contributed by atoms with Crippen molar-refractivity contribution in [3.05, 3.63) is 32.4 Å². The first-order valence-corrected chi connectivity index (χ1v) is 10.5. The number of fused-ring (bicyclic) bond motifs is 1. The molecule has 2 aromatic rings. The second kappa shape index (κ2) is 8.35. The zero-order valence-electron chi connectivity index (χ0n) is 14.9. The highest BCUT2D eigenvalue weighted by Gasteiger charge is 2.28. The highest BCUT2D eigenvalue weighted by Crippen LogP contribution is 2.39. The number of carbonyl (C=O) groups excluding carboxylic acids is 2. The van der Waals surface area contributed by atoms with Gasteiger partial charge in [-0.25, -0.2) is 4.79 Å². The lowest BCUT2D eigenvalue weighted by Crippen LogP contribution is -2.19. The first kappa shape index (κ1) is 19.1. The smallest absolute Gasteiger partial charge is 0.341 e. The van der Waals surface area contributed by atoms with E-state index in [0.717, 1.165) is 37.7 Å². The summed E-state index contributed by atoms with van der Waals surface area (Å²) in [4.78, 5) is 26.6. The molecule has 8 heteroatoms. The first-order chi connectivity index (χ1) is 12.6. The van der Waals surface area contributed by atoms with Crippen molar-refractivity contribution in [1.29, 1.82) is 0 Å². The van der Waals surface area contributed by atoms with Gasteiger partial charge in [0.05, 0.1) is 22.8 Å². The fourth-order valence-corrected chi connectivity index (χ4v) is 4.88. The average molecular weight is 440 g/mol. The Bertz CT molecular complexity index is 828. The van der Waals surface area contributed by atoms with E-state index in [9.17, 15) is 9.59 Å². The number of thiophene rings is 1. The number of hydrogen-bond acceptors (Lipinski definition) is 5.